The van der Waals surface area contributed by atoms with Gasteiger partial charge in [0.1, 0.15) is 12.2 Å². The number of β-lactam (4-membered cyclic amide) rings is 1. The monoisotopic (exact) mass is 533 g/mol. The van der Waals surface area contributed by atoms with Gasteiger partial charge in [0.05, 0.1) is 23.6 Å². The number of sulfone groups is 1. The van der Waals surface area contributed by atoms with E-state index in [0.29, 0.717) is 5.56 Å². The highest BCUT2D eigenvalue weighted by molar-refractivity contribution is 7.92. The summed E-state index contributed by atoms with van der Waals surface area (Å²) >= 11 is 0. The molecule has 3 heterocycles. The summed E-state index contributed by atoms with van der Waals surface area (Å²) in [6, 6.07) is 6.69. The van der Waals surface area contributed by atoms with E-state index in [2.05, 4.69) is 15.4 Å². The van der Waals surface area contributed by atoms with Crippen LogP contribution in [0, 0.1) is 0 Å². The molecule has 2 atom stereocenters. The SMILES string of the molecule is CO[C@H]1C(=O)N2C(c3nnn(Cc4ccc(C(=O)OC(C)(C)C)cc4)n3)=C(COC(C)=O)CS(=O)(=O)[C@@H]12. The van der Waals surface area contributed by atoms with Crippen molar-refractivity contribution in [1.82, 2.24) is 25.1 Å². The third-order valence-electron chi connectivity index (χ3n) is 5.59. The summed E-state index contributed by atoms with van der Waals surface area (Å²) in [7, 11) is -2.55. The fourth-order valence-corrected chi connectivity index (χ4v) is 6.04. The van der Waals surface area contributed by atoms with Crippen molar-refractivity contribution in [2.45, 2.75) is 51.3 Å². The maximum Gasteiger partial charge on any atom is 0.338 e. The highest BCUT2D eigenvalue weighted by Gasteiger charge is 2.60. The molecule has 2 aliphatic heterocycles. The van der Waals surface area contributed by atoms with Gasteiger partial charge in [-0.1, -0.05) is 12.1 Å². The van der Waals surface area contributed by atoms with Gasteiger partial charge < -0.3 is 14.2 Å². The van der Waals surface area contributed by atoms with Crippen molar-refractivity contribution in [1.29, 1.82) is 0 Å². The number of nitrogens with zero attached hydrogens (tertiary/aromatic N) is 5. The van der Waals surface area contributed by atoms with Gasteiger partial charge in [0.15, 0.2) is 21.3 Å². The molecule has 14 heteroatoms. The minimum atomic E-state index is -3.81. The van der Waals surface area contributed by atoms with Gasteiger partial charge in [-0.05, 0) is 43.7 Å². The summed E-state index contributed by atoms with van der Waals surface area (Å²) in [5, 5.41) is 11.2. The van der Waals surface area contributed by atoms with E-state index in [1.54, 1.807) is 45.0 Å². The molecule has 0 spiro atoms. The number of benzene rings is 1. The molecule has 0 radical (unpaired) electrons. The zero-order valence-electron chi connectivity index (χ0n) is 21.0. The number of tetrazole rings is 1. The number of esters is 2. The van der Waals surface area contributed by atoms with Crippen LogP contribution in [-0.4, -0.2) is 87.9 Å². The number of fused-ring (bicyclic) bond motifs is 1. The second-order valence-corrected chi connectivity index (χ2v) is 11.7. The molecule has 1 fully saturated rings. The molecule has 198 valence electrons. The number of carbonyl (C=O) groups excluding carboxylic acids is 3. The van der Waals surface area contributed by atoms with Crippen molar-refractivity contribution in [2.24, 2.45) is 0 Å². The molecule has 1 aromatic heterocycles. The lowest BCUT2D eigenvalue weighted by Crippen LogP contribution is -2.69. The van der Waals surface area contributed by atoms with E-state index in [9.17, 15) is 22.8 Å². The lowest BCUT2D eigenvalue weighted by atomic mass is 10.1. The maximum atomic E-state index is 12.8. The van der Waals surface area contributed by atoms with Crippen LogP contribution in [0.25, 0.3) is 5.70 Å². The molecule has 0 saturated carbocycles. The molecule has 2 aliphatic rings. The van der Waals surface area contributed by atoms with Crippen LogP contribution in [0.2, 0.25) is 0 Å². The van der Waals surface area contributed by atoms with E-state index >= 15 is 0 Å². The topological polar surface area (TPSA) is 160 Å². The molecule has 0 bridgehead atoms. The van der Waals surface area contributed by atoms with Crippen LogP contribution in [0.5, 0.6) is 0 Å². The number of rotatable bonds is 7. The molecular weight excluding hydrogens is 506 g/mol. The normalized spacial score (nSPS) is 20.8. The van der Waals surface area contributed by atoms with Crippen molar-refractivity contribution in [3.63, 3.8) is 0 Å². The third kappa shape index (κ3) is 5.39. The van der Waals surface area contributed by atoms with Crippen molar-refractivity contribution in [3.05, 3.63) is 46.8 Å². The van der Waals surface area contributed by atoms with E-state index in [1.165, 1.54) is 18.8 Å². The van der Waals surface area contributed by atoms with Crippen LogP contribution >= 0.6 is 0 Å². The predicted octanol–water partition coefficient (Wildman–Crippen LogP) is 0.563. The maximum absolute atomic E-state index is 12.8. The lowest BCUT2D eigenvalue weighted by molar-refractivity contribution is -0.156. The summed E-state index contributed by atoms with van der Waals surface area (Å²) in [5.74, 6) is -2.06. The van der Waals surface area contributed by atoms with E-state index in [-0.39, 0.29) is 30.2 Å². The summed E-state index contributed by atoms with van der Waals surface area (Å²) in [6.07, 6.45) is -1.14. The first-order valence-corrected chi connectivity index (χ1v) is 13.1. The van der Waals surface area contributed by atoms with E-state index in [0.717, 1.165) is 10.5 Å². The minimum Gasteiger partial charge on any atom is -0.461 e. The highest BCUT2D eigenvalue weighted by atomic mass is 32.2. The molecule has 0 N–H and O–H groups in total. The number of aromatic nitrogens is 4. The molecule has 0 unspecified atom stereocenters. The Morgan fingerprint density at radius 1 is 1.16 bits per heavy atom. The zero-order chi connectivity index (χ0) is 27.1. The molecule has 4 rings (SSSR count). The number of carbonyl (C=O) groups is 3. The number of hydrogen-bond donors (Lipinski definition) is 0. The van der Waals surface area contributed by atoms with Gasteiger partial charge in [-0.15, -0.1) is 10.2 Å². The van der Waals surface area contributed by atoms with Gasteiger partial charge in [0.2, 0.25) is 5.82 Å². The van der Waals surface area contributed by atoms with Crippen molar-refractivity contribution < 1.29 is 37.0 Å². The van der Waals surface area contributed by atoms with Crippen LogP contribution < -0.4 is 0 Å². The minimum absolute atomic E-state index is 0.00957. The van der Waals surface area contributed by atoms with Crippen molar-refractivity contribution in [3.8, 4) is 0 Å². The Kier molecular flexibility index (Phi) is 6.90. The van der Waals surface area contributed by atoms with Crippen LogP contribution in [0.3, 0.4) is 0 Å². The molecule has 1 amide bonds. The first-order chi connectivity index (χ1) is 17.3. The Morgan fingerprint density at radius 2 is 1.84 bits per heavy atom. The second kappa shape index (κ2) is 9.67. The summed E-state index contributed by atoms with van der Waals surface area (Å²) < 4.78 is 41.2. The van der Waals surface area contributed by atoms with Gasteiger partial charge in [-0.2, -0.15) is 4.80 Å². The Bertz CT molecular complexity index is 1370. The standard InChI is InChI=1S/C23H27N5O8S/c1-13(29)35-11-16-12-37(32,33)21-18(34-5)20(30)28(21)17(16)19-24-26-27(25-19)10-14-6-8-15(9-7-14)22(31)36-23(2,3)4/h6-9,18,21H,10-12H2,1-5H3/t18-,21-/m0/s1. The fourth-order valence-electron chi connectivity index (χ4n) is 4.02. The van der Waals surface area contributed by atoms with Gasteiger partial charge >= 0.3 is 11.9 Å². The van der Waals surface area contributed by atoms with E-state index in [1.807, 2.05) is 0 Å². The molecule has 1 aromatic carbocycles. The molecule has 2 aromatic rings. The number of methoxy groups -OCH3 is 1. The zero-order valence-corrected chi connectivity index (χ0v) is 21.8. The molecule has 1 saturated heterocycles. The summed E-state index contributed by atoms with van der Waals surface area (Å²) in [4.78, 5) is 38.7. The van der Waals surface area contributed by atoms with Crippen LogP contribution in [0.1, 0.15) is 49.4 Å². The van der Waals surface area contributed by atoms with Crippen molar-refractivity contribution >= 4 is 33.4 Å². The lowest BCUT2D eigenvalue weighted by Gasteiger charge is -2.48. The average Bonchev–Trinajstić information content (AvgIpc) is 3.25. The van der Waals surface area contributed by atoms with Crippen LogP contribution in [0.15, 0.2) is 29.8 Å². The van der Waals surface area contributed by atoms with Gasteiger partial charge in [-0.3, -0.25) is 14.5 Å². The molecule has 13 nitrogen and oxygen atoms in total. The second-order valence-electron chi connectivity index (χ2n) is 9.64. The van der Waals surface area contributed by atoms with E-state index in [4.69, 9.17) is 14.2 Å². The fraction of sp³-hybridized carbons (Fsp3) is 0.478. The number of hydrogen-bond acceptors (Lipinski definition) is 11. The summed E-state index contributed by atoms with van der Waals surface area (Å²) in [6.45, 7) is 6.39. The predicted molar refractivity (Wildman–Crippen MR) is 127 cm³/mol. The van der Waals surface area contributed by atoms with Crippen LogP contribution in [-0.2, 0) is 40.2 Å². The van der Waals surface area contributed by atoms with Gasteiger partial charge in [-0.25, -0.2) is 13.2 Å². The molecular formula is C23H27N5O8S. The Hall–Kier alpha value is -3.65. The smallest absolute Gasteiger partial charge is 0.338 e. The molecule has 0 aliphatic carbocycles. The average molecular weight is 534 g/mol. The largest absolute Gasteiger partial charge is 0.461 e. The Labute approximate surface area is 213 Å². The number of ether oxygens (including phenoxy) is 3. The number of amides is 1. The first-order valence-electron chi connectivity index (χ1n) is 11.3. The third-order valence-corrected chi connectivity index (χ3v) is 7.54. The van der Waals surface area contributed by atoms with E-state index < -0.39 is 50.5 Å². The highest BCUT2D eigenvalue weighted by Crippen LogP contribution is 2.41. The van der Waals surface area contributed by atoms with Gasteiger partial charge in [0, 0.05) is 19.6 Å². The quantitative estimate of drug-likeness (QED) is 0.361. The Morgan fingerprint density at radius 3 is 2.43 bits per heavy atom. The first kappa shape index (κ1) is 26.4. The van der Waals surface area contributed by atoms with Crippen LogP contribution in [0.4, 0.5) is 0 Å². The van der Waals surface area contributed by atoms with Crippen molar-refractivity contribution in [2.75, 3.05) is 19.5 Å². The van der Waals surface area contributed by atoms with Gasteiger partial charge in [0.25, 0.3) is 5.91 Å². The Balaban J connectivity index is 1.60. The molecule has 37 heavy (non-hydrogen) atoms. The summed E-state index contributed by atoms with van der Waals surface area (Å²) in [5.41, 5.74) is 0.832.